The lowest BCUT2D eigenvalue weighted by Crippen LogP contribution is -2.58. The second-order valence-corrected chi connectivity index (χ2v) is 15.5. The number of carbonyl (C=O) groups excluding carboxylic acids is 4. The summed E-state index contributed by atoms with van der Waals surface area (Å²) in [7, 11) is 0. The second kappa shape index (κ2) is 15.7. The number of ketones is 4. The van der Waals surface area contributed by atoms with E-state index in [4.69, 9.17) is 0 Å². The molecule has 3 aromatic carbocycles. The van der Waals surface area contributed by atoms with Crippen LogP contribution in [-0.4, -0.2) is 62.7 Å². The molecular formula is C51H48N5O4+. The van der Waals surface area contributed by atoms with Gasteiger partial charge in [-0.25, -0.2) is 9.13 Å². The average Bonchev–Trinajstić information content (AvgIpc) is 3.95. The third-order valence-electron chi connectivity index (χ3n) is 12.5. The van der Waals surface area contributed by atoms with Gasteiger partial charge in [-0.3, -0.25) is 19.2 Å². The molecule has 0 bridgehead atoms. The van der Waals surface area contributed by atoms with Crippen LogP contribution in [0.5, 0.6) is 0 Å². The van der Waals surface area contributed by atoms with Crippen LogP contribution in [0, 0.1) is 11.8 Å². The Balaban J connectivity index is 1.20. The van der Waals surface area contributed by atoms with E-state index in [1.54, 1.807) is 24.3 Å². The Morgan fingerprint density at radius 3 is 1.72 bits per heavy atom. The number of carbonyl (C=O) groups is 4. The summed E-state index contributed by atoms with van der Waals surface area (Å²) >= 11 is 0. The molecule has 1 saturated carbocycles. The zero-order valence-corrected chi connectivity index (χ0v) is 34.4. The maximum atomic E-state index is 14.1. The highest BCUT2D eigenvalue weighted by molar-refractivity contribution is 6.26. The Morgan fingerprint density at radius 2 is 1.18 bits per heavy atom. The molecule has 4 atom stereocenters. The number of benzene rings is 3. The summed E-state index contributed by atoms with van der Waals surface area (Å²) in [5.74, 6) is 0.601. The fraction of sp³-hybridized carbons (Fsp3) is 0.235. The van der Waals surface area contributed by atoms with Crippen LogP contribution in [0.4, 0.5) is 11.4 Å². The van der Waals surface area contributed by atoms with E-state index >= 15 is 0 Å². The largest absolute Gasteiger partial charge is 0.346 e. The monoisotopic (exact) mass is 794 g/mol. The number of hydrogen-bond donors (Lipinski definition) is 0. The highest BCUT2D eigenvalue weighted by Crippen LogP contribution is 2.43. The zero-order valence-electron chi connectivity index (χ0n) is 34.4. The number of fused-ring (bicyclic) bond motifs is 4. The van der Waals surface area contributed by atoms with Gasteiger partial charge in [0.05, 0.1) is 30.6 Å². The standard InChI is InChI=1S/C51H48N5O4/c1-5-52-41(53(6-2)45-44(52)48(57)37-23-15-16-24-38(37)49(45)58)31-29-33-27-28-34(43(33)56(35-19-11-9-12-20-35)36-21-13-10-14-22-36)30-32-42-54(7-3)46-47(55(42)8-4)51(60)40-26-18-17-25-39(40)50(46)59/h9-32,37-38,44-45H,5-8H2,1-4H3/q+1. The number of rotatable bonds is 10. The molecule has 4 aliphatic carbocycles. The molecule has 0 spiro atoms. The lowest BCUT2D eigenvalue weighted by Gasteiger charge is -2.37. The zero-order chi connectivity index (χ0) is 41.7. The molecule has 0 amide bonds. The van der Waals surface area contributed by atoms with Gasteiger partial charge in [0.1, 0.15) is 17.9 Å². The minimum Gasteiger partial charge on any atom is -0.346 e. The molecule has 9 rings (SSSR count). The first kappa shape index (κ1) is 38.6. The van der Waals surface area contributed by atoms with Crippen LogP contribution < -0.4 is 9.47 Å². The summed E-state index contributed by atoms with van der Waals surface area (Å²) in [5.41, 5.74) is 6.42. The number of imidazole rings is 1. The fourth-order valence-corrected chi connectivity index (χ4v) is 9.83. The van der Waals surface area contributed by atoms with Gasteiger partial charge in [-0.15, -0.1) is 0 Å². The van der Waals surface area contributed by atoms with E-state index in [-0.39, 0.29) is 23.1 Å². The summed E-state index contributed by atoms with van der Waals surface area (Å²) < 4.78 is 3.92. The Labute approximate surface area is 350 Å². The maximum absolute atomic E-state index is 14.1. The van der Waals surface area contributed by atoms with Crippen LogP contribution in [0.25, 0.3) is 6.08 Å². The third kappa shape index (κ3) is 6.02. The molecule has 4 unspecified atom stereocenters. The summed E-state index contributed by atoms with van der Waals surface area (Å²) in [6, 6.07) is 26.4. The number of allylic oxidation sites excluding steroid dienone is 10. The first-order valence-electron chi connectivity index (χ1n) is 21.1. The summed E-state index contributed by atoms with van der Waals surface area (Å²) in [5, 5.41) is 0. The van der Waals surface area contributed by atoms with Crippen molar-refractivity contribution in [2.24, 2.45) is 11.8 Å². The Bertz CT molecular complexity index is 2510. The van der Waals surface area contributed by atoms with Gasteiger partial charge in [-0.05, 0) is 81.3 Å². The van der Waals surface area contributed by atoms with Crippen molar-refractivity contribution in [3.8, 4) is 0 Å². The number of likely N-dealkylation sites (N-methyl/N-ethyl adjacent to an activating group) is 2. The molecule has 4 aromatic rings. The van der Waals surface area contributed by atoms with Crippen LogP contribution in [0.15, 0.2) is 162 Å². The molecular weight excluding hydrogens is 747 g/mol. The molecule has 1 saturated heterocycles. The van der Waals surface area contributed by atoms with Crippen LogP contribution in [0.3, 0.4) is 0 Å². The minimum absolute atomic E-state index is 0.0877. The highest BCUT2D eigenvalue weighted by Gasteiger charge is 2.57. The van der Waals surface area contributed by atoms with Crippen molar-refractivity contribution >= 4 is 40.6 Å². The predicted octanol–water partition coefficient (Wildman–Crippen LogP) is 7.94. The van der Waals surface area contributed by atoms with Gasteiger partial charge in [-0.1, -0.05) is 97.1 Å². The number of hydrogen-bond acceptors (Lipinski definition) is 7. The van der Waals surface area contributed by atoms with Crippen LogP contribution in [0.2, 0.25) is 0 Å². The van der Waals surface area contributed by atoms with Gasteiger partial charge in [0, 0.05) is 41.7 Å². The average molecular weight is 795 g/mol. The Kier molecular flexibility index (Phi) is 10.1. The van der Waals surface area contributed by atoms with E-state index in [2.05, 4.69) is 69.3 Å². The van der Waals surface area contributed by atoms with Crippen molar-refractivity contribution in [2.45, 2.75) is 52.9 Å². The van der Waals surface area contributed by atoms with E-state index in [1.165, 1.54) is 0 Å². The van der Waals surface area contributed by atoms with Gasteiger partial charge in [-0.2, -0.15) is 0 Å². The minimum atomic E-state index is -0.556. The molecule has 9 heteroatoms. The van der Waals surface area contributed by atoms with Gasteiger partial charge in [0.25, 0.3) is 5.82 Å². The molecule has 5 aliphatic rings. The number of anilines is 2. The normalized spacial score (nSPS) is 22.3. The Morgan fingerprint density at radius 1 is 0.633 bits per heavy atom. The third-order valence-corrected chi connectivity index (χ3v) is 12.5. The molecule has 1 aromatic heterocycles. The van der Waals surface area contributed by atoms with Crippen LogP contribution in [-0.2, 0) is 22.7 Å². The number of para-hydroxylation sites is 2. The van der Waals surface area contributed by atoms with E-state index in [1.807, 2.05) is 104 Å². The molecule has 0 N–H and O–H groups in total. The molecule has 60 heavy (non-hydrogen) atoms. The van der Waals surface area contributed by atoms with Gasteiger partial charge >= 0.3 is 0 Å². The fourth-order valence-electron chi connectivity index (χ4n) is 9.83. The van der Waals surface area contributed by atoms with E-state index in [9.17, 15) is 19.2 Å². The molecule has 2 fully saturated rings. The van der Waals surface area contributed by atoms with Crippen molar-refractivity contribution in [3.63, 3.8) is 0 Å². The number of Topliss-reactive ketones (excluding diaryl/α,β-unsaturated/α-hetero) is 2. The maximum Gasteiger partial charge on any atom is 0.282 e. The van der Waals surface area contributed by atoms with E-state index in [0.29, 0.717) is 48.7 Å². The van der Waals surface area contributed by atoms with E-state index in [0.717, 1.165) is 39.9 Å². The van der Waals surface area contributed by atoms with Crippen molar-refractivity contribution in [3.05, 3.63) is 191 Å². The number of nitrogens with zero attached hydrogens (tertiary/aromatic N) is 5. The smallest absolute Gasteiger partial charge is 0.282 e. The van der Waals surface area contributed by atoms with Crippen LogP contribution in [0.1, 0.15) is 65.6 Å². The lowest BCUT2D eigenvalue weighted by molar-refractivity contribution is -0.696. The lowest BCUT2D eigenvalue weighted by atomic mass is 9.70. The first-order chi connectivity index (χ1) is 29.3. The van der Waals surface area contributed by atoms with Gasteiger partial charge in [0.2, 0.25) is 23.0 Å². The van der Waals surface area contributed by atoms with Crippen molar-refractivity contribution in [1.29, 1.82) is 0 Å². The topological polar surface area (TPSA) is 86.8 Å². The molecule has 0 radical (unpaired) electrons. The van der Waals surface area contributed by atoms with Crippen LogP contribution >= 0.6 is 0 Å². The molecule has 300 valence electrons. The summed E-state index contributed by atoms with van der Waals surface area (Å²) in [6.07, 6.45) is 20.0. The summed E-state index contributed by atoms with van der Waals surface area (Å²) in [6.45, 7) is 10.2. The van der Waals surface area contributed by atoms with Gasteiger partial charge in [0.15, 0.2) is 11.6 Å². The predicted molar refractivity (Wildman–Crippen MR) is 233 cm³/mol. The molecule has 9 nitrogen and oxygen atoms in total. The van der Waals surface area contributed by atoms with Crippen molar-refractivity contribution in [1.82, 2.24) is 14.4 Å². The number of aromatic nitrogens is 2. The quantitative estimate of drug-likeness (QED) is 0.133. The summed E-state index contributed by atoms with van der Waals surface area (Å²) in [4.78, 5) is 62.8. The van der Waals surface area contributed by atoms with E-state index < -0.39 is 23.9 Å². The molecule has 2 heterocycles. The van der Waals surface area contributed by atoms with Gasteiger partial charge < -0.3 is 14.7 Å². The first-order valence-corrected chi connectivity index (χ1v) is 21.1. The Hall–Kier alpha value is -6.87. The SMILES string of the molecule is CCN1C(=C/C=C2\C=CC(/C=C/c3n(CC)c4c([n+]3CC)C(=O)c3ccccc3C4=O)=C2N(c2ccccc2)c2ccccc2)N(CC)C2C(=O)C3C=CC=CC3C(=O)C21. The second-order valence-electron chi connectivity index (χ2n) is 15.5. The highest BCUT2D eigenvalue weighted by atomic mass is 16.2. The van der Waals surface area contributed by atoms with Crippen molar-refractivity contribution < 1.29 is 23.7 Å². The molecule has 1 aliphatic heterocycles. The van der Waals surface area contributed by atoms with Crippen molar-refractivity contribution in [2.75, 3.05) is 18.0 Å².